The molecular formula is C12H17N3O3. The third-order valence-electron chi connectivity index (χ3n) is 3.14. The van der Waals surface area contributed by atoms with Gasteiger partial charge in [-0.3, -0.25) is 14.5 Å². The van der Waals surface area contributed by atoms with E-state index in [9.17, 15) is 9.59 Å². The number of rotatable bonds is 4. The van der Waals surface area contributed by atoms with E-state index in [0.29, 0.717) is 37.3 Å². The summed E-state index contributed by atoms with van der Waals surface area (Å²) >= 11 is 0. The lowest BCUT2D eigenvalue weighted by molar-refractivity contribution is 0.0610. The summed E-state index contributed by atoms with van der Waals surface area (Å²) in [7, 11) is 0. The lowest BCUT2D eigenvalue weighted by atomic mass is 10.3. The molecule has 0 aromatic carbocycles. The molecule has 0 bridgehead atoms. The summed E-state index contributed by atoms with van der Waals surface area (Å²) in [4.78, 5) is 29.3. The normalized spacial score (nSPS) is 16.8. The quantitative estimate of drug-likeness (QED) is 0.712. The number of aromatic amines is 1. The molecule has 0 spiro atoms. The van der Waals surface area contributed by atoms with Gasteiger partial charge in [-0.1, -0.05) is 0 Å². The van der Waals surface area contributed by atoms with Crippen LogP contribution >= 0.6 is 0 Å². The summed E-state index contributed by atoms with van der Waals surface area (Å²) in [6.07, 6.45) is 0.690. The zero-order valence-electron chi connectivity index (χ0n) is 10.1. The number of H-pyrrole nitrogens is 1. The van der Waals surface area contributed by atoms with Gasteiger partial charge in [0.1, 0.15) is 5.69 Å². The molecule has 1 aliphatic heterocycles. The topological polar surface area (TPSA) is 76.6 Å². The average molecular weight is 251 g/mol. The second-order valence-corrected chi connectivity index (χ2v) is 4.30. The maximum Gasteiger partial charge on any atom is 0.270 e. The van der Waals surface area contributed by atoms with Crippen molar-refractivity contribution in [1.82, 2.24) is 14.8 Å². The van der Waals surface area contributed by atoms with E-state index < -0.39 is 0 Å². The van der Waals surface area contributed by atoms with Crippen LogP contribution in [0.4, 0.5) is 0 Å². The van der Waals surface area contributed by atoms with E-state index in [1.54, 1.807) is 17.0 Å². The largest absolute Gasteiger partial charge is 0.395 e. The first-order valence-electron chi connectivity index (χ1n) is 6.01. The van der Waals surface area contributed by atoms with Gasteiger partial charge >= 0.3 is 0 Å². The van der Waals surface area contributed by atoms with Crippen molar-refractivity contribution in [2.24, 2.45) is 0 Å². The molecule has 2 N–H and O–H groups in total. The number of hydrogen-bond donors (Lipinski definition) is 2. The van der Waals surface area contributed by atoms with Crippen LogP contribution in [0.1, 0.15) is 21.0 Å². The molecule has 0 unspecified atom stereocenters. The maximum absolute atomic E-state index is 12.1. The van der Waals surface area contributed by atoms with Crippen molar-refractivity contribution in [3.8, 4) is 0 Å². The van der Waals surface area contributed by atoms with E-state index in [0.717, 1.165) is 13.1 Å². The number of aldehydes is 1. The van der Waals surface area contributed by atoms with Gasteiger partial charge in [0.25, 0.3) is 5.91 Å². The van der Waals surface area contributed by atoms with E-state index in [1.165, 1.54) is 0 Å². The highest BCUT2D eigenvalue weighted by Crippen LogP contribution is 2.08. The Kier molecular flexibility index (Phi) is 4.11. The molecule has 0 atom stereocenters. The predicted molar refractivity (Wildman–Crippen MR) is 65.6 cm³/mol. The van der Waals surface area contributed by atoms with Crippen molar-refractivity contribution >= 4 is 12.2 Å². The van der Waals surface area contributed by atoms with Gasteiger partial charge in [-0.05, 0) is 12.1 Å². The summed E-state index contributed by atoms with van der Waals surface area (Å²) in [6, 6.07) is 3.23. The molecule has 1 fully saturated rings. The molecule has 0 aliphatic carbocycles. The zero-order valence-corrected chi connectivity index (χ0v) is 10.1. The van der Waals surface area contributed by atoms with Crippen molar-refractivity contribution in [1.29, 1.82) is 0 Å². The predicted octanol–water partition coefficient (Wildman–Crippen LogP) is -0.423. The first-order chi connectivity index (χ1) is 8.74. The highest BCUT2D eigenvalue weighted by Gasteiger charge is 2.22. The van der Waals surface area contributed by atoms with Crippen LogP contribution in [0.2, 0.25) is 0 Å². The average Bonchev–Trinajstić information content (AvgIpc) is 2.88. The number of aliphatic hydroxyl groups is 1. The number of carbonyl (C=O) groups is 2. The van der Waals surface area contributed by atoms with E-state index >= 15 is 0 Å². The third-order valence-corrected chi connectivity index (χ3v) is 3.14. The number of β-amino-alcohol motifs (C(OH)–C–C–N with tert-alkyl or cyclic N) is 1. The molecule has 1 amide bonds. The third kappa shape index (κ3) is 2.77. The fourth-order valence-electron chi connectivity index (χ4n) is 2.09. The number of nitrogens with zero attached hydrogens (tertiary/aromatic N) is 2. The molecule has 0 radical (unpaired) electrons. The Balaban J connectivity index is 1.93. The summed E-state index contributed by atoms with van der Waals surface area (Å²) < 4.78 is 0. The van der Waals surface area contributed by atoms with Gasteiger partial charge in [0.05, 0.1) is 12.3 Å². The Labute approximate surface area is 105 Å². The van der Waals surface area contributed by atoms with Gasteiger partial charge < -0.3 is 15.0 Å². The Bertz CT molecular complexity index is 422. The molecule has 0 saturated carbocycles. The molecule has 2 heterocycles. The first-order valence-corrected chi connectivity index (χ1v) is 6.01. The molecule has 1 aromatic rings. The van der Waals surface area contributed by atoms with Gasteiger partial charge in [-0.2, -0.15) is 0 Å². The molecule has 1 aliphatic rings. The van der Waals surface area contributed by atoms with Crippen LogP contribution in [0.15, 0.2) is 12.1 Å². The van der Waals surface area contributed by atoms with Crippen molar-refractivity contribution in [2.45, 2.75) is 0 Å². The monoisotopic (exact) mass is 251 g/mol. The fourth-order valence-corrected chi connectivity index (χ4v) is 2.09. The number of amides is 1. The zero-order chi connectivity index (χ0) is 13.0. The molecule has 2 rings (SSSR count). The highest BCUT2D eigenvalue weighted by molar-refractivity contribution is 5.93. The SMILES string of the molecule is O=Cc1ccc(C(=O)N2CCN(CCO)CC2)[nH]1. The number of aliphatic hydroxyl groups excluding tert-OH is 1. The van der Waals surface area contributed by atoms with E-state index in [1.807, 2.05) is 0 Å². The van der Waals surface area contributed by atoms with Crippen LogP contribution in [-0.2, 0) is 0 Å². The number of carbonyl (C=O) groups excluding carboxylic acids is 2. The fraction of sp³-hybridized carbons (Fsp3) is 0.500. The minimum Gasteiger partial charge on any atom is -0.395 e. The standard InChI is InChI=1S/C12H17N3O3/c16-8-7-14-3-5-15(6-4-14)12(18)11-2-1-10(9-17)13-11/h1-2,9,13,16H,3-8H2. The van der Waals surface area contributed by atoms with Gasteiger partial charge in [0.15, 0.2) is 6.29 Å². The van der Waals surface area contributed by atoms with Crippen molar-refractivity contribution in [2.75, 3.05) is 39.3 Å². The lowest BCUT2D eigenvalue weighted by Crippen LogP contribution is -2.49. The van der Waals surface area contributed by atoms with Crippen LogP contribution in [-0.4, -0.2) is 71.4 Å². The van der Waals surface area contributed by atoms with Crippen molar-refractivity contribution in [3.05, 3.63) is 23.5 Å². The van der Waals surface area contributed by atoms with E-state index in [4.69, 9.17) is 5.11 Å². The molecule has 18 heavy (non-hydrogen) atoms. The van der Waals surface area contributed by atoms with Crippen LogP contribution < -0.4 is 0 Å². The number of hydrogen-bond acceptors (Lipinski definition) is 4. The minimum absolute atomic E-state index is 0.0771. The first kappa shape index (κ1) is 12.8. The maximum atomic E-state index is 12.1. The number of piperazine rings is 1. The molecule has 6 heteroatoms. The van der Waals surface area contributed by atoms with Gasteiger partial charge in [0.2, 0.25) is 0 Å². The van der Waals surface area contributed by atoms with Gasteiger partial charge in [-0.25, -0.2) is 0 Å². The van der Waals surface area contributed by atoms with Crippen molar-refractivity contribution in [3.63, 3.8) is 0 Å². The molecular weight excluding hydrogens is 234 g/mol. The van der Waals surface area contributed by atoms with Crippen molar-refractivity contribution < 1.29 is 14.7 Å². The number of nitrogens with one attached hydrogen (secondary N) is 1. The van der Waals surface area contributed by atoms with E-state index in [2.05, 4.69) is 9.88 Å². The van der Waals surface area contributed by atoms with Crippen LogP contribution in [0.25, 0.3) is 0 Å². The van der Waals surface area contributed by atoms with Crippen LogP contribution in [0, 0.1) is 0 Å². The Morgan fingerprint density at radius 3 is 2.61 bits per heavy atom. The summed E-state index contributed by atoms with van der Waals surface area (Å²) in [5, 5.41) is 8.84. The smallest absolute Gasteiger partial charge is 0.270 e. The highest BCUT2D eigenvalue weighted by atomic mass is 16.3. The Morgan fingerprint density at radius 1 is 1.33 bits per heavy atom. The summed E-state index contributed by atoms with van der Waals surface area (Å²) in [5.74, 6) is -0.0771. The molecule has 1 aromatic heterocycles. The second kappa shape index (κ2) is 5.79. The second-order valence-electron chi connectivity index (χ2n) is 4.30. The lowest BCUT2D eigenvalue weighted by Gasteiger charge is -2.34. The van der Waals surface area contributed by atoms with Crippen LogP contribution in [0.5, 0.6) is 0 Å². The summed E-state index contributed by atoms with van der Waals surface area (Å²) in [6.45, 7) is 3.64. The Hall–Kier alpha value is -1.66. The van der Waals surface area contributed by atoms with Crippen LogP contribution in [0.3, 0.4) is 0 Å². The van der Waals surface area contributed by atoms with Gasteiger partial charge in [-0.15, -0.1) is 0 Å². The molecule has 98 valence electrons. The number of aromatic nitrogens is 1. The summed E-state index contributed by atoms with van der Waals surface area (Å²) in [5.41, 5.74) is 0.866. The molecule has 6 nitrogen and oxygen atoms in total. The molecule has 1 saturated heterocycles. The Morgan fingerprint density at radius 2 is 2.06 bits per heavy atom. The minimum atomic E-state index is -0.0771. The van der Waals surface area contributed by atoms with E-state index in [-0.39, 0.29) is 12.5 Å². The van der Waals surface area contributed by atoms with Gasteiger partial charge in [0, 0.05) is 32.7 Å².